The van der Waals surface area contributed by atoms with Gasteiger partial charge in [0.25, 0.3) is 0 Å². The van der Waals surface area contributed by atoms with Crippen LogP contribution in [0.3, 0.4) is 0 Å². The van der Waals surface area contributed by atoms with Crippen LogP contribution in [0.25, 0.3) is 0 Å². The van der Waals surface area contributed by atoms with Crippen molar-refractivity contribution >= 4 is 11.6 Å². The number of rotatable bonds is 4. The summed E-state index contributed by atoms with van der Waals surface area (Å²) in [6.45, 7) is 6.32. The van der Waals surface area contributed by atoms with Gasteiger partial charge in [0.2, 0.25) is 0 Å². The molecule has 1 saturated heterocycles. The van der Waals surface area contributed by atoms with E-state index in [9.17, 15) is 0 Å². The van der Waals surface area contributed by atoms with E-state index in [4.69, 9.17) is 11.6 Å². The van der Waals surface area contributed by atoms with Crippen LogP contribution in [0.4, 0.5) is 0 Å². The molecular weight excluding hydrogens is 242 g/mol. The molecule has 0 aromatic heterocycles. The second-order valence-corrected chi connectivity index (χ2v) is 4.96. The number of benzene rings is 1. The zero-order valence-corrected chi connectivity index (χ0v) is 12.5. The molecule has 2 rings (SSSR count). The molecular formula is C16H26ClN. The molecule has 0 radical (unpaired) electrons. The van der Waals surface area contributed by atoms with Gasteiger partial charge in [-0.2, -0.15) is 0 Å². The smallest absolute Gasteiger partial charge is 0.0238 e. The molecule has 102 valence electrons. The van der Waals surface area contributed by atoms with Crippen molar-refractivity contribution in [2.75, 3.05) is 12.4 Å². The van der Waals surface area contributed by atoms with Crippen LogP contribution in [-0.2, 0) is 6.54 Å². The minimum absolute atomic E-state index is 0.700. The molecule has 1 fully saturated rings. The first-order valence-corrected chi connectivity index (χ1v) is 7.77. The van der Waals surface area contributed by atoms with Crippen LogP contribution in [-0.4, -0.2) is 23.4 Å². The van der Waals surface area contributed by atoms with Crippen molar-refractivity contribution in [1.82, 2.24) is 4.90 Å². The van der Waals surface area contributed by atoms with E-state index in [-0.39, 0.29) is 0 Å². The van der Waals surface area contributed by atoms with Crippen LogP contribution in [0.15, 0.2) is 30.3 Å². The van der Waals surface area contributed by atoms with Crippen LogP contribution in [0.5, 0.6) is 0 Å². The second-order valence-electron chi connectivity index (χ2n) is 4.58. The van der Waals surface area contributed by atoms with Gasteiger partial charge in [-0.05, 0) is 31.4 Å². The van der Waals surface area contributed by atoms with Crippen molar-refractivity contribution in [3.05, 3.63) is 35.9 Å². The highest BCUT2D eigenvalue weighted by atomic mass is 35.5. The van der Waals surface area contributed by atoms with Gasteiger partial charge in [-0.3, -0.25) is 4.90 Å². The summed E-state index contributed by atoms with van der Waals surface area (Å²) < 4.78 is 0. The number of hydrogen-bond acceptors (Lipinski definition) is 1. The predicted octanol–water partition coefficient (Wildman–Crippen LogP) is 4.70. The summed E-state index contributed by atoms with van der Waals surface area (Å²) in [5.74, 6) is 0.788. The summed E-state index contributed by atoms with van der Waals surface area (Å²) >= 11 is 5.88. The molecule has 1 unspecified atom stereocenters. The van der Waals surface area contributed by atoms with Crippen LogP contribution in [0, 0.1) is 0 Å². The van der Waals surface area contributed by atoms with Gasteiger partial charge in [0.15, 0.2) is 0 Å². The van der Waals surface area contributed by atoms with Crippen LogP contribution in [0.2, 0.25) is 0 Å². The van der Waals surface area contributed by atoms with Gasteiger partial charge in [0, 0.05) is 18.5 Å². The molecule has 18 heavy (non-hydrogen) atoms. The fourth-order valence-corrected chi connectivity index (χ4v) is 2.79. The lowest BCUT2D eigenvalue weighted by molar-refractivity contribution is 0.137. The largest absolute Gasteiger partial charge is 0.296 e. The van der Waals surface area contributed by atoms with Crippen LogP contribution in [0.1, 0.15) is 45.1 Å². The van der Waals surface area contributed by atoms with E-state index < -0.39 is 0 Å². The van der Waals surface area contributed by atoms with E-state index in [0.717, 1.165) is 18.8 Å². The number of piperidine rings is 1. The van der Waals surface area contributed by atoms with Crippen molar-refractivity contribution in [2.24, 2.45) is 0 Å². The molecule has 1 aromatic carbocycles. The van der Waals surface area contributed by atoms with E-state index in [2.05, 4.69) is 35.2 Å². The van der Waals surface area contributed by atoms with Crippen LogP contribution < -0.4 is 0 Å². The summed E-state index contributed by atoms with van der Waals surface area (Å²) in [6, 6.07) is 11.5. The van der Waals surface area contributed by atoms with Gasteiger partial charge in [-0.25, -0.2) is 0 Å². The van der Waals surface area contributed by atoms with E-state index >= 15 is 0 Å². The maximum atomic E-state index is 5.88. The number of halogens is 1. The van der Waals surface area contributed by atoms with Crippen molar-refractivity contribution in [3.63, 3.8) is 0 Å². The van der Waals surface area contributed by atoms with Crippen molar-refractivity contribution in [3.8, 4) is 0 Å². The highest BCUT2D eigenvalue weighted by Gasteiger charge is 2.21. The number of alkyl halides is 1. The lowest BCUT2D eigenvalue weighted by Gasteiger charge is -2.35. The second kappa shape index (κ2) is 9.41. The van der Waals surface area contributed by atoms with Gasteiger partial charge in [0.1, 0.15) is 0 Å². The van der Waals surface area contributed by atoms with Gasteiger partial charge in [-0.15, -0.1) is 11.6 Å². The topological polar surface area (TPSA) is 3.24 Å². The molecule has 1 aliphatic rings. The first-order chi connectivity index (χ1) is 8.90. The first-order valence-electron chi connectivity index (χ1n) is 7.24. The minimum Gasteiger partial charge on any atom is -0.296 e. The highest BCUT2D eigenvalue weighted by Crippen LogP contribution is 2.22. The zero-order valence-electron chi connectivity index (χ0n) is 11.7. The summed E-state index contributed by atoms with van der Waals surface area (Å²) in [6.07, 6.45) is 5.16. The van der Waals surface area contributed by atoms with E-state index in [1.807, 2.05) is 13.8 Å². The Labute approximate surface area is 117 Å². The lowest BCUT2D eigenvalue weighted by Crippen LogP contribution is -2.39. The maximum absolute atomic E-state index is 5.88. The molecule has 2 heteroatoms. The molecule has 0 saturated carbocycles. The van der Waals surface area contributed by atoms with Crippen molar-refractivity contribution < 1.29 is 0 Å². The Morgan fingerprint density at radius 3 is 2.56 bits per heavy atom. The summed E-state index contributed by atoms with van der Waals surface area (Å²) in [5, 5.41) is 0. The Kier molecular flexibility index (Phi) is 8.11. The molecule has 0 bridgehead atoms. The molecule has 0 amide bonds. The average molecular weight is 268 g/mol. The normalized spacial score (nSPS) is 20.1. The third-order valence-electron chi connectivity index (χ3n) is 3.42. The Morgan fingerprint density at radius 2 is 1.89 bits per heavy atom. The zero-order chi connectivity index (χ0) is 13.2. The average Bonchev–Trinajstić information content (AvgIpc) is 2.45. The van der Waals surface area contributed by atoms with Crippen molar-refractivity contribution in [2.45, 2.75) is 52.1 Å². The Hall–Kier alpha value is -0.530. The van der Waals surface area contributed by atoms with Crippen molar-refractivity contribution in [1.29, 1.82) is 0 Å². The number of hydrogen-bond donors (Lipinski definition) is 0. The molecule has 1 atom stereocenters. The number of nitrogens with zero attached hydrogens (tertiary/aromatic N) is 1. The van der Waals surface area contributed by atoms with E-state index in [0.29, 0.717) is 6.04 Å². The highest BCUT2D eigenvalue weighted by molar-refractivity contribution is 6.17. The monoisotopic (exact) mass is 267 g/mol. The SMILES string of the molecule is CC.ClCCC1CCCCN1Cc1ccccc1. The van der Waals surface area contributed by atoms with Gasteiger partial charge >= 0.3 is 0 Å². The standard InChI is InChI=1S/C14H20ClN.C2H6/c15-10-9-14-8-4-5-11-16(14)12-13-6-2-1-3-7-13;1-2/h1-3,6-7,14H,4-5,8-12H2;1-2H3. The quantitative estimate of drug-likeness (QED) is 0.715. The molecule has 1 heterocycles. The predicted molar refractivity (Wildman–Crippen MR) is 81.2 cm³/mol. The van der Waals surface area contributed by atoms with E-state index in [1.165, 1.54) is 31.4 Å². The fourth-order valence-electron chi connectivity index (χ4n) is 2.54. The first kappa shape index (κ1) is 15.5. The third kappa shape index (κ3) is 4.99. The maximum Gasteiger partial charge on any atom is 0.0238 e. The molecule has 1 aromatic rings. The summed E-state index contributed by atoms with van der Waals surface area (Å²) in [5.41, 5.74) is 1.42. The third-order valence-corrected chi connectivity index (χ3v) is 3.64. The molecule has 1 aliphatic heterocycles. The Balaban J connectivity index is 0.000000771. The molecule has 0 aliphatic carbocycles. The van der Waals surface area contributed by atoms with E-state index in [1.54, 1.807) is 0 Å². The fraction of sp³-hybridized carbons (Fsp3) is 0.625. The molecule has 0 N–H and O–H groups in total. The van der Waals surface area contributed by atoms with Gasteiger partial charge in [0.05, 0.1) is 0 Å². The summed E-state index contributed by atoms with van der Waals surface area (Å²) in [7, 11) is 0. The Morgan fingerprint density at radius 1 is 1.17 bits per heavy atom. The van der Waals surface area contributed by atoms with Gasteiger partial charge < -0.3 is 0 Å². The molecule has 1 nitrogen and oxygen atoms in total. The minimum atomic E-state index is 0.700. The summed E-state index contributed by atoms with van der Waals surface area (Å²) in [4.78, 5) is 2.60. The van der Waals surface area contributed by atoms with Crippen LogP contribution >= 0.6 is 11.6 Å². The lowest BCUT2D eigenvalue weighted by atomic mass is 9.99. The number of likely N-dealkylation sites (tertiary alicyclic amines) is 1. The molecule has 0 spiro atoms. The van der Waals surface area contributed by atoms with Gasteiger partial charge in [-0.1, -0.05) is 50.6 Å². The Bertz CT molecular complexity index is 297.